The third-order valence-corrected chi connectivity index (χ3v) is 2.82. The highest BCUT2D eigenvalue weighted by molar-refractivity contribution is 7.90. The van der Waals surface area contributed by atoms with E-state index >= 15 is 0 Å². The molecule has 0 unspecified atom stereocenters. The van der Waals surface area contributed by atoms with Crippen molar-refractivity contribution in [2.24, 2.45) is 10.1 Å². The molecule has 118 valence electrons. The Bertz CT molecular complexity index is 684. The molecule has 1 aromatic rings. The largest absolute Gasteiger partial charge is 0.481 e. The van der Waals surface area contributed by atoms with Crippen molar-refractivity contribution in [3.63, 3.8) is 0 Å². The minimum absolute atomic E-state index is 0.370. The number of sulfone groups is 1. The molecule has 0 fully saturated rings. The molecule has 0 saturated heterocycles. The Morgan fingerprint density at radius 2 is 1.67 bits per heavy atom. The van der Waals surface area contributed by atoms with E-state index in [4.69, 9.17) is 15.3 Å². The fraction of sp³-hybridized carbons (Fsp3) is 0.200. The number of carbonyl (C=O) groups is 1. The van der Waals surface area contributed by atoms with Crippen molar-refractivity contribution in [2.45, 2.75) is 11.8 Å². The molecule has 0 aliphatic heterocycles. The summed E-state index contributed by atoms with van der Waals surface area (Å²) in [6, 6.07) is 8.35. The molecule has 1 rings (SSSR count). The number of rotatable bonds is 1. The first-order chi connectivity index (χ1) is 9.46. The van der Waals surface area contributed by atoms with E-state index in [2.05, 4.69) is 10.1 Å². The van der Waals surface area contributed by atoms with E-state index in [1.54, 1.807) is 30.3 Å². The van der Waals surface area contributed by atoms with Crippen LogP contribution in [0.2, 0.25) is 0 Å². The van der Waals surface area contributed by atoms with Gasteiger partial charge in [0.15, 0.2) is 9.84 Å². The van der Waals surface area contributed by atoms with Gasteiger partial charge in [0.25, 0.3) is 5.97 Å². The maximum Gasteiger partial charge on any atom is 0.319 e. The van der Waals surface area contributed by atoms with Crippen LogP contribution < -0.4 is 5.73 Å². The number of hydrogen-bond donors (Lipinski definition) is 3. The molecule has 0 spiro atoms. The molecule has 0 saturated carbocycles. The summed E-state index contributed by atoms with van der Waals surface area (Å²) in [5.74, 6) is -1.53. The van der Waals surface area contributed by atoms with Crippen LogP contribution in [0.4, 0.5) is 0 Å². The summed E-state index contributed by atoms with van der Waals surface area (Å²) in [4.78, 5) is 9.37. The van der Waals surface area contributed by atoms with E-state index in [9.17, 15) is 16.8 Å². The summed E-state index contributed by atoms with van der Waals surface area (Å²) in [6.07, 6.45) is 1.20. The maximum atomic E-state index is 10.8. The van der Waals surface area contributed by atoms with Crippen LogP contribution in [0.1, 0.15) is 6.92 Å². The molecule has 11 heteroatoms. The second kappa shape index (κ2) is 10.5. The second-order valence-corrected chi connectivity index (χ2v) is 5.93. The molecule has 0 bridgehead atoms. The van der Waals surface area contributed by atoms with E-state index in [0.717, 1.165) is 6.92 Å². The third-order valence-electron chi connectivity index (χ3n) is 1.34. The van der Waals surface area contributed by atoms with Crippen LogP contribution in [0.5, 0.6) is 0 Å². The number of nitrogens with two attached hydrogens (primary N) is 1. The van der Waals surface area contributed by atoms with Gasteiger partial charge in [0.1, 0.15) is 0 Å². The zero-order valence-corrected chi connectivity index (χ0v) is 12.8. The second-order valence-electron chi connectivity index (χ2n) is 3.30. The number of hydrogen-bond acceptors (Lipinski definition) is 6. The Balaban J connectivity index is 0. The SMILES string of the molecule is CC(=O)O.CS(=O)(=O)c1ccccc1.N=C(N)N=S(=O)=O. The molecule has 1 aromatic carbocycles. The third kappa shape index (κ3) is 17.7. The van der Waals surface area contributed by atoms with E-state index < -0.39 is 32.3 Å². The number of benzene rings is 1. The highest BCUT2D eigenvalue weighted by atomic mass is 32.2. The fourth-order valence-electron chi connectivity index (χ4n) is 0.748. The van der Waals surface area contributed by atoms with Crippen molar-refractivity contribution in [2.75, 3.05) is 6.26 Å². The molecule has 21 heavy (non-hydrogen) atoms. The monoisotopic (exact) mass is 337 g/mol. The highest BCUT2D eigenvalue weighted by Gasteiger charge is 2.02. The maximum absolute atomic E-state index is 10.8. The summed E-state index contributed by atoms with van der Waals surface area (Å²) >= 11 is 0. The topological polar surface area (TPSA) is 168 Å². The predicted octanol–water partition coefficient (Wildman–Crippen LogP) is 0.124. The quantitative estimate of drug-likeness (QED) is 0.483. The molecule has 9 nitrogen and oxygen atoms in total. The molecular formula is C10H15N3O6S2. The van der Waals surface area contributed by atoms with E-state index in [-0.39, 0.29) is 0 Å². The standard InChI is InChI=1S/C7H8O2S.C2H4O2.CH3N3O2S/c1-10(8,9)7-5-3-2-4-6-7;1-2(3)4;2-1(3)4-7(5)6/h2-6H,1H3;1H3,(H,3,4);(H3,2,3). The minimum Gasteiger partial charge on any atom is -0.481 e. The number of nitrogens with one attached hydrogen (secondary N) is 1. The normalized spacial score (nSPS) is 9.05. The zero-order valence-electron chi connectivity index (χ0n) is 11.2. The van der Waals surface area contributed by atoms with Gasteiger partial charge in [-0.1, -0.05) is 22.6 Å². The molecule has 4 N–H and O–H groups in total. The van der Waals surface area contributed by atoms with Crippen molar-refractivity contribution >= 4 is 32.3 Å². The average molecular weight is 337 g/mol. The zero-order chi connectivity index (χ0) is 17.1. The van der Waals surface area contributed by atoms with Crippen LogP contribution in [0, 0.1) is 5.41 Å². The van der Waals surface area contributed by atoms with Crippen molar-refractivity contribution < 1.29 is 26.7 Å². The summed E-state index contributed by atoms with van der Waals surface area (Å²) in [5, 5.41) is 13.7. The summed E-state index contributed by atoms with van der Waals surface area (Å²) in [5.41, 5.74) is 4.52. The van der Waals surface area contributed by atoms with Crippen LogP contribution in [-0.2, 0) is 25.1 Å². The molecule has 0 aliphatic carbocycles. The lowest BCUT2D eigenvalue weighted by molar-refractivity contribution is -0.134. The first-order valence-corrected chi connectivity index (χ1v) is 7.99. The molecular weight excluding hydrogens is 322 g/mol. The van der Waals surface area contributed by atoms with Crippen molar-refractivity contribution in [3.8, 4) is 0 Å². The number of guanidine groups is 1. The van der Waals surface area contributed by atoms with E-state index in [0.29, 0.717) is 4.90 Å². The lowest BCUT2D eigenvalue weighted by atomic mass is 10.4. The van der Waals surface area contributed by atoms with Crippen LogP contribution in [0.3, 0.4) is 0 Å². The lowest BCUT2D eigenvalue weighted by Crippen LogP contribution is -2.03. The van der Waals surface area contributed by atoms with Crippen molar-refractivity contribution in [3.05, 3.63) is 30.3 Å². The molecule has 0 heterocycles. The van der Waals surface area contributed by atoms with E-state index in [1.165, 1.54) is 6.26 Å². The van der Waals surface area contributed by atoms with Crippen molar-refractivity contribution in [1.29, 1.82) is 5.41 Å². The summed E-state index contributed by atoms with van der Waals surface area (Å²) < 4.78 is 43.1. The number of nitrogens with zero attached hydrogens (tertiary/aromatic N) is 1. The van der Waals surface area contributed by atoms with Gasteiger partial charge in [0.05, 0.1) is 4.90 Å². The fourth-order valence-corrected chi connectivity index (χ4v) is 1.56. The van der Waals surface area contributed by atoms with Crippen LogP contribution >= 0.6 is 0 Å². The molecule has 0 atom stereocenters. The lowest BCUT2D eigenvalue weighted by Gasteiger charge is -1.93. The van der Waals surface area contributed by atoms with Crippen molar-refractivity contribution in [1.82, 2.24) is 0 Å². The Kier molecular flexibility index (Phi) is 10.5. The van der Waals surface area contributed by atoms with Crippen LogP contribution in [-0.4, -0.2) is 40.1 Å². The first kappa shape index (κ1) is 21.0. The van der Waals surface area contributed by atoms with Gasteiger partial charge in [-0.3, -0.25) is 10.2 Å². The number of aliphatic carboxylic acids is 1. The molecule has 0 amide bonds. The minimum atomic E-state index is -3.00. The Labute approximate surface area is 123 Å². The van der Waals surface area contributed by atoms with Gasteiger partial charge in [-0.15, -0.1) is 0 Å². The van der Waals surface area contributed by atoms with Gasteiger partial charge in [0, 0.05) is 13.2 Å². The smallest absolute Gasteiger partial charge is 0.319 e. The number of carboxylic acid groups (broad SMARTS) is 1. The Morgan fingerprint density at radius 1 is 1.29 bits per heavy atom. The molecule has 0 aromatic heterocycles. The molecule has 0 aliphatic rings. The van der Waals surface area contributed by atoms with E-state index in [1.807, 2.05) is 0 Å². The highest BCUT2D eigenvalue weighted by Crippen LogP contribution is 2.05. The first-order valence-electron chi connectivity index (χ1n) is 5.06. The summed E-state index contributed by atoms with van der Waals surface area (Å²) in [6.45, 7) is 1.08. The molecule has 0 radical (unpaired) electrons. The van der Waals surface area contributed by atoms with Gasteiger partial charge in [-0.2, -0.15) is 8.42 Å². The Hall–Kier alpha value is -2.27. The Morgan fingerprint density at radius 3 is 1.81 bits per heavy atom. The van der Waals surface area contributed by atoms with Gasteiger partial charge in [-0.25, -0.2) is 8.42 Å². The predicted molar refractivity (Wildman–Crippen MR) is 76.1 cm³/mol. The summed E-state index contributed by atoms with van der Waals surface area (Å²) in [7, 11) is -5.57. The van der Waals surface area contributed by atoms with Gasteiger partial charge in [-0.05, 0) is 12.1 Å². The average Bonchev–Trinajstić information content (AvgIpc) is 2.27. The van der Waals surface area contributed by atoms with Gasteiger partial charge in [0.2, 0.25) is 5.96 Å². The number of carboxylic acids is 1. The van der Waals surface area contributed by atoms with Gasteiger partial charge >= 0.3 is 10.5 Å². The van der Waals surface area contributed by atoms with Crippen LogP contribution in [0.15, 0.2) is 39.6 Å². The van der Waals surface area contributed by atoms with Crippen LogP contribution in [0.25, 0.3) is 0 Å². The van der Waals surface area contributed by atoms with Gasteiger partial charge < -0.3 is 10.8 Å².